The monoisotopic (exact) mass is 265 g/mol. The number of benzene rings is 1. The summed E-state index contributed by atoms with van der Waals surface area (Å²) in [6, 6.07) is 5.73. The lowest BCUT2D eigenvalue weighted by Gasteiger charge is -2.16. The van der Waals surface area contributed by atoms with Gasteiger partial charge in [-0.25, -0.2) is 9.18 Å². The topological polar surface area (TPSA) is 44.4 Å². The van der Waals surface area contributed by atoms with Gasteiger partial charge in [-0.3, -0.25) is 0 Å². The van der Waals surface area contributed by atoms with Crippen LogP contribution in [0.25, 0.3) is 0 Å². The van der Waals surface area contributed by atoms with E-state index >= 15 is 0 Å². The van der Waals surface area contributed by atoms with Gasteiger partial charge in [-0.15, -0.1) is 0 Å². The molecule has 1 heterocycles. The van der Waals surface area contributed by atoms with E-state index in [1.165, 1.54) is 12.1 Å². The van der Waals surface area contributed by atoms with Crippen LogP contribution in [-0.4, -0.2) is 36.6 Å². The van der Waals surface area contributed by atoms with Gasteiger partial charge in [0.25, 0.3) is 0 Å². The molecule has 4 nitrogen and oxygen atoms in total. The molecule has 0 spiro atoms. The van der Waals surface area contributed by atoms with Crippen molar-refractivity contribution in [3.05, 3.63) is 30.1 Å². The minimum atomic E-state index is -0.308. The Morgan fingerprint density at radius 3 is 2.84 bits per heavy atom. The van der Waals surface area contributed by atoms with E-state index in [2.05, 4.69) is 22.5 Å². The highest BCUT2D eigenvalue weighted by molar-refractivity contribution is 5.89. The molecule has 1 aliphatic heterocycles. The number of carbonyl (C=O) groups excluding carboxylic acids is 1. The number of hydrogen-bond acceptors (Lipinski definition) is 2. The maximum absolute atomic E-state index is 12.7. The molecule has 2 rings (SSSR count). The highest BCUT2D eigenvalue weighted by Gasteiger charge is 2.22. The molecule has 5 heteroatoms. The maximum atomic E-state index is 12.7. The third-order valence-electron chi connectivity index (χ3n) is 3.25. The molecule has 1 aromatic carbocycles. The van der Waals surface area contributed by atoms with E-state index in [9.17, 15) is 9.18 Å². The van der Waals surface area contributed by atoms with E-state index in [1.54, 1.807) is 12.1 Å². The molecule has 2 N–H and O–H groups in total. The van der Waals surface area contributed by atoms with Crippen LogP contribution in [0.5, 0.6) is 0 Å². The predicted molar refractivity (Wildman–Crippen MR) is 73.7 cm³/mol. The van der Waals surface area contributed by atoms with Gasteiger partial charge in [0.05, 0.1) is 0 Å². The molecule has 1 aromatic rings. The summed E-state index contributed by atoms with van der Waals surface area (Å²) < 4.78 is 12.7. The summed E-state index contributed by atoms with van der Waals surface area (Å²) in [5.74, 6) is -0.308. The van der Waals surface area contributed by atoms with Crippen molar-refractivity contribution in [1.29, 1.82) is 0 Å². The van der Waals surface area contributed by atoms with E-state index in [0.717, 1.165) is 32.5 Å². The second-order valence-electron chi connectivity index (χ2n) is 4.89. The molecule has 2 amide bonds. The van der Waals surface area contributed by atoms with Gasteiger partial charge < -0.3 is 15.5 Å². The smallest absolute Gasteiger partial charge is 0.319 e. The predicted octanol–water partition coefficient (Wildman–Crippen LogP) is 2.43. The Morgan fingerprint density at radius 2 is 2.16 bits per heavy atom. The third kappa shape index (κ3) is 4.21. The molecule has 104 valence electrons. The zero-order valence-electron chi connectivity index (χ0n) is 11.2. The van der Waals surface area contributed by atoms with Crippen molar-refractivity contribution in [2.24, 2.45) is 0 Å². The van der Waals surface area contributed by atoms with Crippen molar-refractivity contribution >= 4 is 11.7 Å². The van der Waals surface area contributed by atoms with E-state index in [-0.39, 0.29) is 17.9 Å². The van der Waals surface area contributed by atoms with Crippen LogP contribution in [0.15, 0.2) is 24.3 Å². The Labute approximate surface area is 113 Å². The maximum Gasteiger partial charge on any atom is 0.319 e. The molecule has 1 aliphatic rings. The number of nitrogens with one attached hydrogen (secondary N) is 2. The van der Waals surface area contributed by atoms with Gasteiger partial charge in [-0.2, -0.15) is 0 Å². The van der Waals surface area contributed by atoms with Crippen LogP contribution < -0.4 is 10.6 Å². The molecular formula is C14H20FN3O. The van der Waals surface area contributed by atoms with E-state index < -0.39 is 0 Å². The van der Waals surface area contributed by atoms with Crippen LogP contribution in [0, 0.1) is 5.82 Å². The first-order valence-corrected chi connectivity index (χ1v) is 6.73. The molecule has 0 saturated carbocycles. The Morgan fingerprint density at radius 1 is 1.42 bits per heavy atom. The number of urea groups is 1. The SMILES string of the molecule is CCCN1CCC(NC(=O)Nc2ccc(F)cc2)C1. The fourth-order valence-corrected chi connectivity index (χ4v) is 2.36. The van der Waals surface area contributed by atoms with Gasteiger partial charge in [0, 0.05) is 24.8 Å². The first-order chi connectivity index (χ1) is 9.17. The van der Waals surface area contributed by atoms with Crippen molar-refractivity contribution in [1.82, 2.24) is 10.2 Å². The van der Waals surface area contributed by atoms with Crippen molar-refractivity contribution in [3.63, 3.8) is 0 Å². The number of likely N-dealkylation sites (tertiary alicyclic amines) is 1. The van der Waals surface area contributed by atoms with Gasteiger partial charge in [0.15, 0.2) is 0 Å². The summed E-state index contributed by atoms with van der Waals surface area (Å²) in [5, 5.41) is 5.65. The molecule has 19 heavy (non-hydrogen) atoms. The Hall–Kier alpha value is -1.62. The average molecular weight is 265 g/mol. The lowest BCUT2D eigenvalue weighted by Crippen LogP contribution is -2.39. The molecule has 1 saturated heterocycles. The van der Waals surface area contributed by atoms with Gasteiger partial charge in [0.2, 0.25) is 0 Å². The number of nitrogens with zero attached hydrogens (tertiary/aromatic N) is 1. The summed E-state index contributed by atoms with van der Waals surface area (Å²) >= 11 is 0. The first kappa shape index (κ1) is 13.8. The second-order valence-corrected chi connectivity index (χ2v) is 4.89. The molecule has 1 fully saturated rings. The molecular weight excluding hydrogens is 245 g/mol. The first-order valence-electron chi connectivity index (χ1n) is 6.73. The number of anilines is 1. The lowest BCUT2D eigenvalue weighted by atomic mass is 10.3. The molecule has 0 bridgehead atoms. The fraction of sp³-hybridized carbons (Fsp3) is 0.500. The highest BCUT2D eigenvalue weighted by atomic mass is 19.1. The number of rotatable bonds is 4. The van der Waals surface area contributed by atoms with Crippen molar-refractivity contribution < 1.29 is 9.18 Å². The fourth-order valence-electron chi connectivity index (χ4n) is 2.36. The van der Waals surface area contributed by atoms with Gasteiger partial charge in [0.1, 0.15) is 5.82 Å². The number of halogens is 1. The zero-order chi connectivity index (χ0) is 13.7. The van der Waals surface area contributed by atoms with Crippen molar-refractivity contribution in [2.45, 2.75) is 25.8 Å². The zero-order valence-corrected chi connectivity index (χ0v) is 11.2. The van der Waals surface area contributed by atoms with Crippen LogP contribution >= 0.6 is 0 Å². The quantitative estimate of drug-likeness (QED) is 0.878. The van der Waals surface area contributed by atoms with Crippen molar-refractivity contribution in [3.8, 4) is 0 Å². The van der Waals surface area contributed by atoms with Crippen molar-refractivity contribution in [2.75, 3.05) is 25.0 Å². The normalized spacial score (nSPS) is 19.4. The second kappa shape index (κ2) is 6.52. The highest BCUT2D eigenvalue weighted by Crippen LogP contribution is 2.11. The molecule has 0 aromatic heterocycles. The molecule has 1 atom stereocenters. The largest absolute Gasteiger partial charge is 0.334 e. The van der Waals surface area contributed by atoms with Gasteiger partial charge in [-0.05, 0) is 43.7 Å². The Bertz CT molecular complexity index is 421. The number of amides is 2. The van der Waals surface area contributed by atoms with Crippen LogP contribution in [0.4, 0.5) is 14.9 Å². The number of hydrogen-bond donors (Lipinski definition) is 2. The van der Waals surface area contributed by atoms with E-state index in [1.807, 2.05) is 0 Å². The number of carbonyl (C=O) groups is 1. The minimum Gasteiger partial charge on any atom is -0.334 e. The summed E-state index contributed by atoms with van der Waals surface area (Å²) in [6.45, 7) is 5.18. The summed E-state index contributed by atoms with van der Waals surface area (Å²) in [5.41, 5.74) is 0.599. The standard InChI is InChI=1S/C14H20FN3O/c1-2-8-18-9-7-13(10-18)17-14(19)16-12-5-3-11(15)4-6-12/h3-6,13H,2,7-10H2,1H3,(H2,16,17,19). The molecule has 0 radical (unpaired) electrons. The van der Waals surface area contributed by atoms with Gasteiger partial charge in [-0.1, -0.05) is 6.92 Å². The Kier molecular flexibility index (Phi) is 4.74. The Balaban J connectivity index is 1.77. The van der Waals surface area contributed by atoms with E-state index in [4.69, 9.17) is 0 Å². The average Bonchev–Trinajstić information content (AvgIpc) is 2.80. The van der Waals surface area contributed by atoms with Crippen LogP contribution in [0.3, 0.4) is 0 Å². The molecule has 1 unspecified atom stereocenters. The van der Waals surface area contributed by atoms with Crippen LogP contribution in [0.1, 0.15) is 19.8 Å². The minimum absolute atomic E-state index is 0.201. The summed E-state index contributed by atoms with van der Waals surface area (Å²) in [6.07, 6.45) is 2.12. The third-order valence-corrected chi connectivity index (χ3v) is 3.25. The summed E-state index contributed by atoms with van der Waals surface area (Å²) in [4.78, 5) is 14.1. The molecule has 0 aliphatic carbocycles. The van der Waals surface area contributed by atoms with Crippen LogP contribution in [0.2, 0.25) is 0 Å². The van der Waals surface area contributed by atoms with Gasteiger partial charge >= 0.3 is 6.03 Å². The lowest BCUT2D eigenvalue weighted by molar-refractivity contribution is 0.247. The van der Waals surface area contributed by atoms with E-state index in [0.29, 0.717) is 5.69 Å². The summed E-state index contributed by atoms with van der Waals surface area (Å²) in [7, 11) is 0. The van der Waals surface area contributed by atoms with Crippen LogP contribution in [-0.2, 0) is 0 Å².